The Morgan fingerprint density at radius 2 is 0.667 bits per heavy atom. The molecular formula is C72H137NO8. The first-order valence-corrected chi connectivity index (χ1v) is 35.5. The molecule has 0 aliphatic heterocycles. The van der Waals surface area contributed by atoms with Crippen LogP contribution in [0, 0.1) is 0 Å². The summed E-state index contributed by atoms with van der Waals surface area (Å²) in [6, 6.07) is 0. The summed E-state index contributed by atoms with van der Waals surface area (Å²) >= 11 is 0. The van der Waals surface area contributed by atoms with Gasteiger partial charge in [-0.15, -0.1) is 0 Å². The maximum absolute atomic E-state index is 12.9. The van der Waals surface area contributed by atoms with E-state index in [9.17, 15) is 19.5 Å². The molecular weight excluding hydrogens is 1010 g/mol. The van der Waals surface area contributed by atoms with Gasteiger partial charge in [-0.25, -0.2) is 0 Å². The van der Waals surface area contributed by atoms with E-state index < -0.39 is 24.3 Å². The average Bonchev–Trinajstić information content (AvgIpc) is 3.44. The molecule has 0 aromatic heterocycles. The van der Waals surface area contributed by atoms with Gasteiger partial charge in [-0.05, 0) is 44.9 Å². The summed E-state index contributed by atoms with van der Waals surface area (Å²) in [6.07, 6.45) is 75.6. The molecule has 478 valence electrons. The minimum Gasteiger partial charge on any atom is -0.545 e. The molecule has 0 saturated carbocycles. The van der Waals surface area contributed by atoms with Crippen LogP contribution in [0.1, 0.15) is 361 Å². The maximum Gasteiger partial charge on any atom is 0.306 e. The summed E-state index contributed by atoms with van der Waals surface area (Å²) in [5.41, 5.74) is 0. The number of allylic oxidation sites excluding steroid dienone is 4. The first-order chi connectivity index (χ1) is 39.6. The van der Waals surface area contributed by atoms with E-state index in [-0.39, 0.29) is 32.2 Å². The molecule has 0 aromatic rings. The molecule has 0 radical (unpaired) electrons. The summed E-state index contributed by atoms with van der Waals surface area (Å²) in [7, 11) is 5.94. The number of carboxylic acid groups (broad SMARTS) is 1. The number of ether oxygens (including phenoxy) is 4. The van der Waals surface area contributed by atoms with E-state index in [0.29, 0.717) is 23.9 Å². The fraction of sp³-hybridized carbons (Fsp3) is 0.903. The van der Waals surface area contributed by atoms with Crippen molar-refractivity contribution >= 4 is 17.9 Å². The second-order valence-corrected chi connectivity index (χ2v) is 25.5. The van der Waals surface area contributed by atoms with Crippen LogP contribution in [0.25, 0.3) is 0 Å². The molecule has 0 saturated heterocycles. The number of likely N-dealkylation sites (N-methyl/N-ethyl adjacent to an activating group) is 1. The quantitative estimate of drug-likeness (QED) is 0.0195. The van der Waals surface area contributed by atoms with Crippen LogP contribution < -0.4 is 5.11 Å². The highest BCUT2D eigenvalue weighted by atomic mass is 16.7. The van der Waals surface area contributed by atoms with E-state index in [2.05, 4.69) is 38.2 Å². The Morgan fingerprint density at radius 1 is 0.370 bits per heavy atom. The normalized spacial score (nSPS) is 12.8. The van der Waals surface area contributed by atoms with Crippen LogP contribution in [0.4, 0.5) is 0 Å². The van der Waals surface area contributed by atoms with Crippen LogP contribution in [0.3, 0.4) is 0 Å². The largest absolute Gasteiger partial charge is 0.545 e. The van der Waals surface area contributed by atoms with E-state index in [1.807, 2.05) is 21.1 Å². The van der Waals surface area contributed by atoms with Crippen molar-refractivity contribution in [1.29, 1.82) is 0 Å². The average molecular weight is 1140 g/mol. The lowest BCUT2D eigenvalue weighted by Gasteiger charge is -2.26. The number of hydrogen-bond donors (Lipinski definition) is 0. The topological polar surface area (TPSA) is 111 Å². The summed E-state index contributed by atoms with van der Waals surface area (Å²) in [5, 5.41) is 11.8. The van der Waals surface area contributed by atoms with Gasteiger partial charge in [0.25, 0.3) is 0 Å². The van der Waals surface area contributed by atoms with Gasteiger partial charge in [0.1, 0.15) is 13.2 Å². The molecule has 0 amide bonds. The van der Waals surface area contributed by atoms with Gasteiger partial charge in [0, 0.05) is 12.8 Å². The first kappa shape index (κ1) is 78.8. The smallest absolute Gasteiger partial charge is 0.306 e. The van der Waals surface area contributed by atoms with Crippen LogP contribution in [-0.4, -0.2) is 82.3 Å². The number of unbranched alkanes of at least 4 members (excludes halogenated alkanes) is 48. The third-order valence-electron chi connectivity index (χ3n) is 16.2. The zero-order chi connectivity index (χ0) is 59.1. The van der Waals surface area contributed by atoms with Gasteiger partial charge in [-0.3, -0.25) is 9.59 Å². The Kier molecular flexibility index (Phi) is 62.0. The molecule has 0 spiro atoms. The molecule has 0 fully saturated rings. The van der Waals surface area contributed by atoms with Gasteiger partial charge < -0.3 is 33.3 Å². The number of rotatable bonds is 67. The number of quaternary nitrogens is 1. The predicted octanol–water partition coefficient (Wildman–Crippen LogP) is 20.5. The van der Waals surface area contributed by atoms with Crippen molar-refractivity contribution in [2.24, 2.45) is 0 Å². The molecule has 9 nitrogen and oxygen atoms in total. The third-order valence-corrected chi connectivity index (χ3v) is 16.2. The Hall–Kier alpha value is -2.23. The van der Waals surface area contributed by atoms with E-state index in [1.165, 1.54) is 283 Å². The summed E-state index contributed by atoms with van der Waals surface area (Å²) in [6.45, 7) is 4.81. The maximum atomic E-state index is 12.9. The van der Waals surface area contributed by atoms with Gasteiger partial charge >= 0.3 is 11.9 Å². The zero-order valence-corrected chi connectivity index (χ0v) is 54.7. The van der Waals surface area contributed by atoms with Crippen molar-refractivity contribution in [3.63, 3.8) is 0 Å². The van der Waals surface area contributed by atoms with Crippen molar-refractivity contribution in [2.45, 2.75) is 373 Å². The lowest BCUT2D eigenvalue weighted by Crippen LogP contribution is -2.44. The lowest BCUT2D eigenvalue weighted by atomic mass is 10.0. The fourth-order valence-corrected chi connectivity index (χ4v) is 10.7. The van der Waals surface area contributed by atoms with Crippen molar-refractivity contribution < 1.29 is 42.9 Å². The molecule has 0 N–H and O–H groups in total. The standard InChI is InChI=1S/C72H137NO8/c1-6-8-10-12-14-16-18-20-22-24-26-28-30-31-32-33-34-35-36-37-38-39-41-42-44-46-48-50-52-54-56-58-60-62-69(74)79-66-68(67-80-72(71(76)77)78-65-64-73(3,4)5)81-70(75)63-61-59-57-55-53-51-49-47-45-43-40-29-27-25-23-21-19-17-15-13-11-9-7-2/h19,21,25,27,68,72H,6-18,20,22-24,26,28-67H2,1-5H3/b21-19-,27-25-. The van der Waals surface area contributed by atoms with E-state index in [1.54, 1.807) is 0 Å². The number of esters is 2. The number of nitrogens with zero attached hydrogens (tertiary/aromatic N) is 1. The summed E-state index contributed by atoms with van der Waals surface area (Å²) in [4.78, 5) is 37.5. The lowest BCUT2D eigenvalue weighted by molar-refractivity contribution is -0.870. The Morgan fingerprint density at radius 3 is 0.975 bits per heavy atom. The summed E-state index contributed by atoms with van der Waals surface area (Å²) < 4.78 is 22.8. The number of carboxylic acids is 1. The van der Waals surface area contributed by atoms with Crippen molar-refractivity contribution in [1.82, 2.24) is 0 Å². The van der Waals surface area contributed by atoms with Gasteiger partial charge in [0.2, 0.25) is 0 Å². The fourth-order valence-electron chi connectivity index (χ4n) is 10.7. The second kappa shape index (κ2) is 63.8. The monoisotopic (exact) mass is 1140 g/mol. The molecule has 0 aromatic carbocycles. The van der Waals surface area contributed by atoms with E-state index >= 15 is 0 Å². The highest BCUT2D eigenvalue weighted by Crippen LogP contribution is 2.19. The molecule has 0 aliphatic rings. The molecule has 2 unspecified atom stereocenters. The predicted molar refractivity (Wildman–Crippen MR) is 343 cm³/mol. The molecule has 0 heterocycles. The Bertz CT molecular complexity index is 1380. The molecule has 9 heteroatoms. The zero-order valence-electron chi connectivity index (χ0n) is 54.7. The van der Waals surface area contributed by atoms with Gasteiger partial charge in [-0.2, -0.15) is 0 Å². The molecule has 0 bridgehead atoms. The number of hydrogen-bond acceptors (Lipinski definition) is 8. The van der Waals surface area contributed by atoms with Crippen LogP contribution in [0.2, 0.25) is 0 Å². The van der Waals surface area contributed by atoms with E-state index in [0.717, 1.165) is 44.9 Å². The van der Waals surface area contributed by atoms with Crippen LogP contribution >= 0.6 is 0 Å². The second-order valence-electron chi connectivity index (χ2n) is 25.5. The van der Waals surface area contributed by atoms with Gasteiger partial charge in [0.05, 0.1) is 40.3 Å². The molecule has 0 aliphatic carbocycles. The van der Waals surface area contributed by atoms with Crippen LogP contribution in [-0.2, 0) is 33.3 Å². The molecule has 81 heavy (non-hydrogen) atoms. The van der Waals surface area contributed by atoms with Crippen molar-refractivity contribution in [3.8, 4) is 0 Å². The van der Waals surface area contributed by atoms with Crippen LogP contribution in [0.15, 0.2) is 24.3 Å². The SMILES string of the molecule is CCCCCCC/C=C\C/C=C\CCCCCCCCCCCCCC(=O)OC(COC(=O)CCCCCCCCCCCCCCCCCCCCCCCCCCCCCCCCCCC)COC(OCC[N+](C)(C)C)C(=O)[O-]. The third kappa shape index (κ3) is 65.2. The summed E-state index contributed by atoms with van der Waals surface area (Å²) in [5.74, 6) is -2.26. The van der Waals surface area contributed by atoms with Crippen molar-refractivity contribution in [3.05, 3.63) is 24.3 Å². The minimum absolute atomic E-state index is 0.150. The van der Waals surface area contributed by atoms with E-state index in [4.69, 9.17) is 18.9 Å². The highest BCUT2D eigenvalue weighted by molar-refractivity contribution is 5.70. The van der Waals surface area contributed by atoms with Gasteiger partial charge in [0.15, 0.2) is 12.4 Å². The van der Waals surface area contributed by atoms with Crippen LogP contribution in [0.5, 0.6) is 0 Å². The highest BCUT2D eigenvalue weighted by Gasteiger charge is 2.22. The first-order valence-electron chi connectivity index (χ1n) is 35.5. The number of aliphatic carboxylic acids is 1. The minimum atomic E-state index is -1.62. The molecule has 0 rings (SSSR count). The Balaban J connectivity index is 4.02. The van der Waals surface area contributed by atoms with Crippen molar-refractivity contribution in [2.75, 3.05) is 47.5 Å². The van der Waals surface area contributed by atoms with Gasteiger partial charge in [-0.1, -0.05) is 327 Å². The Labute approximate surface area is 503 Å². The molecule has 2 atom stereocenters. The number of carbonyl (C=O) groups is 3. The number of carbonyl (C=O) groups excluding carboxylic acids is 3.